The number of ether oxygens (including phenoxy) is 3. The van der Waals surface area contributed by atoms with Gasteiger partial charge in [-0.2, -0.15) is 0 Å². The third-order valence-electron chi connectivity index (χ3n) is 4.96. The van der Waals surface area contributed by atoms with Crippen molar-refractivity contribution in [3.8, 4) is 0 Å². The van der Waals surface area contributed by atoms with Crippen molar-refractivity contribution in [1.29, 1.82) is 0 Å². The summed E-state index contributed by atoms with van der Waals surface area (Å²) in [5.41, 5.74) is -0.890. The quantitative estimate of drug-likeness (QED) is 0.251. The molecule has 2 aliphatic heterocycles. The molecule has 0 spiro atoms. The van der Waals surface area contributed by atoms with Crippen LogP contribution in [0.3, 0.4) is 0 Å². The minimum atomic E-state index is -1.69. The van der Waals surface area contributed by atoms with E-state index in [1.54, 1.807) is 12.1 Å². The molecule has 2 heterocycles. The highest BCUT2D eigenvalue weighted by Crippen LogP contribution is 2.35. The molecular weight excluding hydrogens is 408 g/mol. The molecule has 29 heavy (non-hydrogen) atoms. The first kappa shape index (κ1) is 22.8. The molecule has 164 valence electrons. The van der Waals surface area contributed by atoms with Crippen molar-refractivity contribution in [3.05, 3.63) is 30.3 Å². The van der Waals surface area contributed by atoms with Crippen LogP contribution < -0.4 is 0 Å². The lowest BCUT2D eigenvalue weighted by Crippen LogP contribution is -2.64. The second-order valence-electron chi connectivity index (χ2n) is 6.94. The van der Waals surface area contributed by atoms with E-state index < -0.39 is 73.8 Å². The van der Waals surface area contributed by atoms with Crippen LogP contribution >= 0.6 is 11.8 Å². The van der Waals surface area contributed by atoms with E-state index >= 15 is 0 Å². The first-order valence-corrected chi connectivity index (χ1v) is 10.1. The van der Waals surface area contributed by atoms with Crippen LogP contribution in [0.5, 0.6) is 0 Å². The van der Waals surface area contributed by atoms with Crippen LogP contribution in [0, 0.1) is 0 Å². The summed E-state index contributed by atoms with van der Waals surface area (Å²) >= 11 is 1.16. The third kappa shape index (κ3) is 4.92. The van der Waals surface area contributed by atoms with Crippen LogP contribution in [0.25, 0.3) is 0 Å². The Balaban J connectivity index is 1.71. The van der Waals surface area contributed by atoms with Crippen LogP contribution in [-0.4, -0.2) is 110 Å². The van der Waals surface area contributed by atoms with Crippen molar-refractivity contribution < 1.29 is 50.0 Å². The lowest BCUT2D eigenvalue weighted by atomic mass is 9.97. The molecule has 7 N–H and O–H groups in total. The third-order valence-corrected chi connectivity index (χ3v) is 6.12. The minimum absolute atomic E-state index is 0.558. The van der Waals surface area contributed by atoms with Crippen LogP contribution in [-0.2, 0) is 14.2 Å². The first-order valence-electron chi connectivity index (χ1n) is 9.17. The second-order valence-corrected chi connectivity index (χ2v) is 8.11. The molecule has 10 nitrogen and oxygen atoms in total. The molecule has 0 unspecified atom stereocenters. The highest BCUT2D eigenvalue weighted by atomic mass is 32.2. The zero-order valence-corrected chi connectivity index (χ0v) is 16.2. The van der Waals surface area contributed by atoms with Gasteiger partial charge in [-0.15, -0.1) is 0 Å². The summed E-state index contributed by atoms with van der Waals surface area (Å²) in [6.45, 7) is -1.20. The van der Waals surface area contributed by atoms with Gasteiger partial charge >= 0.3 is 0 Å². The average molecular weight is 434 g/mol. The predicted octanol–water partition coefficient (Wildman–Crippen LogP) is -2.60. The molecule has 0 radical (unpaired) electrons. The van der Waals surface area contributed by atoms with E-state index in [0.29, 0.717) is 0 Å². The van der Waals surface area contributed by atoms with E-state index in [4.69, 9.17) is 14.2 Å². The summed E-state index contributed by atoms with van der Waals surface area (Å²) in [5, 5.41) is 69.8. The van der Waals surface area contributed by atoms with Gasteiger partial charge in [-0.3, -0.25) is 0 Å². The SMILES string of the molecule is OC[C@H]1O[C@H](O[C@H]2[C@H](O)[C@@H](O)[C@H](Sc3ccccc3)O[C@@H]2CO)[C@H](O)[C@@H](O)[C@@H]1O. The first-order chi connectivity index (χ1) is 13.9. The van der Waals surface area contributed by atoms with Gasteiger partial charge in [0.15, 0.2) is 6.29 Å². The molecule has 0 bridgehead atoms. The summed E-state index contributed by atoms with van der Waals surface area (Å²) in [6.07, 6.45) is -12.9. The van der Waals surface area contributed by atoms with Gasteiger partial charge in [-0.25, -0.2) is 0 Å². The number of thioether (sulfide) groups is 1. The molecule has 1 aromatic carbocycles. The van der Waals surface area contributed by atoms with Gasteiger partial charge in [0.2, 0.25) is 0 Å². The lowest BCUT2D eigenvalue weighted by molar-refractivity contribution is -0.338. The van der Waals surface area contributed by atoms with Gasteiger partial charge in [0.05, 0.1) is 13.2 Å². The van der Waals surface area contributed by atoms with E-state index in [2.05, 4.69) is 0 Å². The van der Waals surface area contributed by atoms with Crippen molar-refractivity contribution in [1.82, 2.24) is 0 Å². The molecule has 2 aliphatic rings. The van der Waals surface area contributed by atoms with Crippen molar-refractivity contribution >= 4 is 11.8 Å². The van der Waals surface area contributed by atoms with E-state index in [1.165, 1.54) is 0 Å². The zero-order chi connectivity index (χ0) is 21.1. The van der Waals surface area contributed by atoms with E-state index in [0.717, 1.165) is 16.7 Å². The Morgan fingerprint density at radius 2 is 1.41 bits per heavy atom. The maximum Gasteiger partial charge on any atom is 0.187 e. The molecule has 3 rings (SSSR count). The van der Waals surface area contributed by atoms with E-state index in [1.807, 2.05) is 18.2 Å². The van der Waals surface area contributed by atoms with Crippen molar-refractivity contribution in [2.24, 2.45) is 0 Å². The maximum atomic E-state index is 10.6. The molecule has 10 atom stereocenters. The molecule has 11 heteroatoms. The van der Waals surface area contributed by atoms with Crippen LogP contribution in [0.4, 0.5) is 0 Å². The Kier molecular flexibility index (Phi) is 7.87. The smallest absolute Gasteiger partial charge is 0.187 e. The van der Waals surface area contributed by atoms with Gasteiger partial charge in [0.1, 0.15) is 54.3 Å². The molecule has 0 aromatic heterocycles. The lowest BCUT2D eigenvalue weighted by Gasteiger charge is -2.46. The number of hydrogen-bond donors (Lipinski definition) is 7. The largest absolute Gasteiger partial charge is 0.394 e. The normalized spacial score (nSPS) is 43.3. The Labute approximate surface area is 171 Å². The topological polar surface area (TPSA) is 169 Å². The molecule has 0 saturated carbocycles. The fraction of sp³-hybridized carbons (Fsp3) is 0.667. The summed E-state index contributed by atoms with van der Waals surface area (Å²) in [7, 11) is 0. The molecule has 2 fully saturated rings. The van der Waals surface area contributed by atoms with Crippen LogP contribution in [0.15, 0.2) is 35.2 Å². The zero-order valence-electron chi connectivity index (χ0n) is 15.3. The summed E-state index contributed by atoms with van der Waals surface area (Å²) < 4.78 is 16.5. The molecule has 0 amide bonds. The monoisotopic (exact) mass is 434 g/mol. The van der Waals surface area contributed by atoms with Gasteiger partial charge in [0.25, 0.3) is 0 Å². The van der Waals surface area contributed by atoms with E-state index in [9.17, 15) is 35.7 Å². The van der Waals surface area contributed by atoms with Crippen molar-refractivity contribution in [2.45, 2.75) is 65.5 Å². The minimum Gasteiger partial charge on any atom is -0.394 e. The Morgan fingerprint density at radius 1 is 0.759 bits per heavy atom. The van der Waals surface area contributed by atoms with Crippen LogP contribution in [0.1, 0.15) is 0 Å². The van der Waals surface area contributed by atoms with Crippen LogP contribution in [0.2, 0.25) is 0 Å². The maximum absolute atomic E-state index is 10.6. The Bertz CT molecular complexity index is 632. The molecule has 2 saturated heterocycles. The number of rotatable bonds is 6. The van der Waals surface area contributed by atoms with Gasteiger partial charge in [-0.1, -0.05) is 30.0 Å². The number of benzene rings is 1. The fourth-order valence-corrected chi connectivity index (χ4v) is 4.37. The molecular formula is C18H26O10S. The van der Waals surface area contributed by atoms with Gasteiger partial charge in [0, 0.05) is 4.90 Å². The second kappa shape index (κ2) is 9.98. The highest BCUT2D eigenvalue weighted by molar-refractivity contribution is 7.99. The van der Waals surface area contributed by atoms with Gasteiger partial charge in [-0.05, 0) is 12.1 Å². The Hall–Kier alpha value is -0.830. The summed E-state index contributed by atoms with van der Waals surface area (Å²) in [6, 6.07) is 9.05. The Morgan fingerprint density at radius 3 is 2.03 bits per heavy atom. The number of aliphatic hydroxyl groups is 7. The summed E-state index contributed by atoms with van der Waals surface area (Å²) in [4.78, 5) is 0.786. The van der Waals surface area contributed by atoms with Gasteiger partial charge < -0.3 is 50.0 Å². The standard InChI is InChI=1S/C18H26O10S/c19-6-9-11(21)12(22)14(24)17(26-9)28-16-10(7-20)27-18(15(25)13(16)23)29-8-4-2-1-3-5-8/h1-5,9-25H,6-7H2/t9-,10-,11-,12+,13-,14-,15-,16-,17-,18+/m1/s1. The van der Waals surface area contributed by atoms with Crippen molar-refractivity contribution in [2.75, 3.05) is 13.2 Å². The molecule has 0 aliphatic carbocycles. The van der Waals surface area contributed by atoms with E-state index in [-0.39, 0.29) is 0 Å². The number of hydrogen-bond acceptors (Lipinski definition) is 11. The highest BCUT2D eigenvalue weighted by Gasteiger charge is 2.50. The average Bonchev–Trinajstić information content (AvgIpc) is 2.74. The fourth-order valence-electron chi connectivity index (χ4n) is 3.29. The predicted molar refractivity (Wildman–Crippen MR) is 98.7 cm³/mol. The number of aliphatic hydroxyl groups excluding tert-OH is 7. The van der Waals surface area contributed by atoms with Crippen molar-refractivity contribution in [3.63, 3.8) is 0 Å². The molecule has 1 aromatic rings. The summed E-state index contributed by atoms with van der Waals surface area (Å²) in [5.74, 6) is 0.